The summed E-state index contributed by atoms with van der Waals surface area (Å²) in [5.74, 6) is -0.517. The summed E-state index contributed by atoms with van der Waals surface area (Å²) in [6, 6.07) is 12.7. The van der Waals surface area contributed by atoms with Crippen molar-refractivity contribution in [3.05, 3.63) is 59.2 Å². The van der Waals surface area contributed by atoms with E-state index in [-0.39, 0.29) is 25.3 Å². The molecule has 0 heterocycles. The molecular weight excluding hydrogens is 451 g/mol. The Morgan fingerprint density at radius 2 is 1.83 bits per heavy atom. The molecular formula is C28H37LiN2O3S. The molecule has 1 aliphatic carbocycles. The number of hydrogen-bond donors (Lipinski definition) is 2. The molecule has 7 heteroatoms. The molecule has 1 aliphatic rings. The number of carbonyl (C=O) groups is 2. The molecule has 0 unspecified atom stereocenters. The Hall–Kier alpha value is -1.71. The predicted octanol–water partition coefficient (Wildman–Crippen LogP) is 1.24. The van der Waals surface area contributed by atoms with Crippen LogP contribution in [0, 0.1) is 12.8 Å². The fourth-order valence-electron chi connectivity index (χ4n) is 4.87. The van der Waals surface area contributed by atoms with E-state index in [1.165, 1.54) is 38.5 Å². The second-order valence-corrected chi connectivity index (χ2v) is 10.0. The molecule has 0 saturated heterocycles. The third-order valence-electron chi connectivity index (χ3n) is 6.87. The Morgan fingerprint density at radius 1 is 1.11 bits per heavy atom. The molecule has 0 aromatic heterocycles. The maximum atomic E-state index is 13.1. The molecule has 2 aromatic carbocycles. The molecule has 1 amide bonds. The van der Waals surface area contributed by atoms with E-state index in [4.69, 9.17) is 0 Å². The van der Waals surface area contributed by atoms with Gasteiger partial charge in [-0.3, -0.25) is 4.79 Å². The van der Waals surface area contributed by atoms with Crippen LogP contribution in [0.2, 0.25) is 0 Å². The van der Waals surface area contributed by atoms with Crippen molar-refractivity contribution in [1.29, 1.82) is 0 Å². The molecule has 35 heavy (non-hydrogen) atoms. The van der Waals surface area contributed by atoms with Gasteiger partial charge in [0.1, 0.15) is 0 Å². The van der Waals surface area contributed by atoms with Crippen molar-refractivity contribution in [2.45, 2.75) is 64.5 Å². The van der Waals surface area contributed by atoms with Crippen LogP contribution in [0.25, 0.3) is 11.1 Å². The van der Waals surface area contributed by atoms with Gasteiger partial charge < -0.3 is 20.1 Å². The summed E-state index contributed by atoms with van der Waals surface area (Å²) < 4.78 is 0. The standard InChI is InChI=1S/C28H38N2O3S.Li/c1-20-8-6-7-11-23(20)25-18-22(19-30(2)16-14-21-9-4-3-5-10-21)12-13-24(25)27(31)29-26(15-17-34)28(32)33;/h6-8,11-13,18,21,26,34H,3-5,9-10,14-17,19H2,1-2H3,(H,29,31)(H,32,33);/q;+1/p-1/t26-;/m0./s1. The second-order valence-electron chi connectivity index (χ2n) is 9.58. The van der Waals surface area contributed by atoms with Gasteiger partial charge in [0.25, 0.3) is 5.91 Å². The van der Waals surface area contributed by atoms with Crippen molar-refractivity contribution in [2.75, 3.05) is 19.3 Å². The summed E-state index contributed by atoms with van der Waals surface area (Å²) in [5.41, 5.74) is 4.45. The zero-order valence-corrected chi connectivity index (χ0v) is 22.3. The molecule has 1 N–H and O–H groups in total. The van der Waals surface area contributed by atoms with E-state index in [2.05, 4.69) is 36.0 Å². The zero-order valence-electron chi connectivity index (χ0n) is 21.4. The number of nitrogens with one attached hydrogen (secondary N) is 1. The molecule has 184 valence electrons. The van der Waals surface area contributed by atoms with Gasteiger partial charge in [-0.05, 0) is 79.4 Å². The minimum atomic E-state index is -1.30. The Labute approximate surface area is 227 Å². The van der Waals surface area contributed by atoms with E-state index in [0.717, 1.165) is 41.3 Å². The summed E-state index contributed by atoms with van der Waals surface area (Å²) in [5, 5.41) is 14.1. The van der Waals surface area contributed by atoms with E-state index in [9.17, 15) is 14.7 Å². The topological polar surface area (TPSA) is 72.5 Å². The third kappa shape index (κ3) is 8.72. The maximum Gasteiger partial charge on any atom is 1.00 e. The van der Waals surface area contributed by atoms with Crippen LogP contribution in [-0.4, -0.2) is 42.2 Å². The van der Waals surface area contributed by atoms with Crippen LogP contribution in [-0.2, 0) is 11.3 Å². The van der Waals surface area contributed by atoms with Gasteiger partial charge in [0.15, 0.2) is 0 Å². The predicted molar refractivity (Wildman–Crippen MR) is 139 cm³/mol. The fraction of sp³-hybridized carbons (Fsp3) is 0.500. The van der Waals surface area contributed by atoms with Gasteiger partial charge in [0.05, 0.1) is 12.0 Å². The summed E-state index contributed by atoms with van der Waals surface area (Å²) in [6.45, 7) is 3.88. The largest absolute Gasteiger partial charge is 1.00 e. The van der Waals surface area contributed by atoms with Gasteiger partial charge in [-0.1, -0.05) is 62.4 Å². The Bertz CT molecular complexity index is 978. The van der Waals surface area contributed by atoms with Gasteiger partial charge in [-0.2, -0.15) is 12.6 Å². The van der Waals surface area contributed by atoms with E-state index >= 15 is 0 Å². The van der Waals surface area contributed by atoms with Gasteiger partial charge in [-0.25, -0.2) is 0 Å². The van der Waals surface area contributed by atoms with Crippen LogP contribution in [0.1, 0.15) is 66.4 Å². The molecule has 1 fully saturated rings. The van der Waals surface area contributed by atoms with Crippen molar-refractivity contribution in [3.8, 4) is 11.1 Å². The number of amides is 1. The zero-order chi connectivity index (χ0) is 24.5. The first-order valence-electron chi connectivity index (χ1n) is 12.4. The van der Waals surface area contributed by atoms with Crippen LogP contribution in [0.4, 0.5) is 0 Å². The number of hydrogen-bond acceptors (Lipinski definition) is 5. The number of aryl methyl sites for hydroxylation is 1. The van der Waals surface area contributed by atoms with Crippen molar-refractivity contribution in [3.63, 3.8) is 0 Å². The molecule has 0 spiro atoms. The summed E-state index contributed by atoms with van der Waals surface area (Å²) in [7, 11) is 2.15. The Balaban J connectivity index is 0.00000432. The fourth-order valence-corrected chi connectivity index (χ4v) is 5.13. The number of aliphatic carboxylic acids is 1. The average molecular weight is 489 g/mol. The van der Waals surface area contributed by atoms with Gasteiger partial charge in [-0.15, -0.1) is 0 Å². The summed E-state index contributed by atoms with van der Waals surface area (Å²) in [6.07, 6.45) is 8.27. The van der Waals surface area contributed by atoms with E-state index < -0.39 is 17.9 Å². The van der Waals surface area contributed by atoms with Crippen molar-refractivity contribution < 1.29 is 33.6 Å². The van der Waals surface area contributed by atoms with Gasteiger partial charge in [0.2, 0.25) is 0 Å². The van der Waals surface area contributed by atoms with E-state index in [1.54, 1.807) is 0 Å². The Kier molecular flexibility index (Phi) is 12.4. The van der Waals surface area contributed by atoms with Gasteiger partial charge >= 0.3 is 18.9 Å². The number of carbonyl (C=O) groups excluding carboxylic acids is 2. The smallest absolute Gasteiger partial charge is 0.548 e. The maximum absolute atomic E-state index is 13.1. The van der Waals surface area contributed by atoms with Gasteiger partial charge in [0, 0.05) is 12.1 Å². The monoisotopic (exact) mass is 488 g/mol. The molecule has 5 nitrogen and oxygen atoms in total. The molecule has 0 radical (unpaired) electrons. The second kappa shape index (κ2) is 14.8. The quantitative estimate of drug-likeness (QED) is 0.369. The van der Waals surface area contributed by atoms with Crippen LogP contribution in [0.5, 0.6) is 0 Å². The number of thiol groups is 1. The summed E-state index contributed by atoms with van der Waals surface area (Å²) >= 11 is 4.10. The van der Waals surface area contributed by atoms with E-state index in [1.807, 2.05) is 43.3 Å². The van der Waals surface area contributed by atoms with Crippen LogP contribution < -0.4 is 29.3 Å². The van der Waals surface area contributed by atoms with Crippen molar-refractivity contribution >= 4 is 24.5 Å². The minimum absolute atomic E-state index is 0. The number of nitrogens with zero attached hydrogens (tertiary/aromatic N) is 1. The number of carboxylic acids is 1. The average Bonchev–Trinajstić information content (AvgIpc) is 2.83. The van der Waals surface area contributed by atoms with Crippen molar-refractivity contribution in [1.82, 2.24) is 10.2 Å². The van der Waals surface area contributed by atoms with Crippen LogP contribution >= 0.6 is 12.6 Å². The van der Waals surface area contributed by atoms with Crippen LogP contribution in [0.3, 0.4) is 0 Å². The van der Waals surface area contributed by atoms with Crippen LogP contribution in [0.15, 0.2) is 42.5 Å². The summed E-state index contributed by atoms with van der Waals surface area (Å²) in [4.78, 5) is 26.9. The SMILES string of the molecule is Cc1ccccc1-c1cc(CN(C)CCC2CCCCC2)ccc1C(=O)N[C@@H](CCS)C(=O)[O-].[Li+]. The number of benzene rings is 2. The number of rotatable bonds is 11. The van der Waals surface area contributed by atoms with E-state index in [0.29, 0.717) is 11.3 Å². The molecule has 0 aliphatic heterocycles. The first kappa shape index (κ1) is 29.5. The Morgan fingerprint density at radius 3 is 2.49 bits per heavy atom. The normalized spacial score (nSPS) is 14.9. The molecule has 0 bridgehead atoms. The molecule has 1 saturated carbocycles. The third-order valence-corrected chi connectivity index (χ3v) is 7.13. The van der Waals surface area contributed by atoms with Crippen molar-refractivity contribution in [2.24, 2.45) is 5.92 Å². The molecule has 3 rings (SSSR count). The minimum Gasteiger partial charge on any atom is -0.548 e. The molecule has 2 aromatic rings. The molecule has 1 atom stereocenters. The first-order valence-corrected chi connectivity index (χ1v) is 13.0. The number of carboxylic acid groups (broad SMARTS) is 1. The first-order chi connectivity index (χ1) is 16.4.